The predicted octanol–water partition coefficient (Wildman–Crippen LogP) is 9.08. The van der Waals surface area contributed by atoms with Crippen LogP contribution in [-0.4, -0.2) is 62.6 Å². The molecule has 15 heteroatoms. The Kier molecular flexibility index (Phi) is 13.5. The summed E-state index contributed by atoms with van der Waals surface area (Å²) in [7, 11) is 1.47. The quantitative estimate of drug-likeness (QED) is 0.0667. The monoisotopic (exact) mass is 774 g/mol. The third kappa shape index (κ3) is 11.0. The second kappa shape index (κ2) is 18.1. The molecule has 0 aliphatic carbocycles. The van der Waals surface area contributed by atoms with E-state index in [1.54, 1.807) is 25.4 Å². The van der Waals surface area contributed by atoms with Gasteiger partial charge in [0, 0.05) is 38.2 Å². The summed E-state index contributed by atoms with van der Waals surface area (Å²) in [6.07, 6.45) is -6.04. The van der Waals surface area contributed by atoms with E-state index in [2.05, 4.69) is 9.97 Å². The number of esters is 1. The molecule has 1 aliphatic rings. The van der Waals surface area contributed by atoms with Gasteiger partial charge in [0.25, 0.3) is 0 Å². The summed E-state index contributed by atoms with van der Waals surface area (Å²) in [6.45, 7) is 7.56. The molecular formula is C40H44F6N4O5. The van der Waals surface area contributed by atoms with E-state index in [1.807, 2.05) is 30.9 Å². The van der Waals surface area contributed by atoms with E-state index in [1.165, 1.54) is 24.1 Å². The first kappa shape index (κ1) is 41.1. The number of alkyl halides is 6. The third-order valence-corrected chi connectivity index (χ3v) is 9.02. The first-order valence-corrected chi connectivity index (χ1v) is 17.9. The van der Waals surface area contributed by atoms with E-state index in [4.69, 9.17) is 18.9 Å². The van der Waals surface area contributed by atoms with Gasteiger partial charge in [0.2, 0.25) is 5.95 Å². The van der Waals surface area contributed by atoms with Crippen molar-refractivity contribution in [3.05, 3.63) is 94.8 Å². The minimum absolute atomic E-state index is 0.0232. The van der Waals surface area contributed by atoms with Gasteiger partial charge in [-0.05, 0) is 84.0 Å². The summed E-state index contributed by atoms with van der Waals surface area (Å²) >= 11 is 0. The van der Waals surface area contributed by atoms with Crippen LogP contribution in [0, 0.1) is 0 Å². The van der Waals surface area contributed by atoms with Crippen molar-refractivity contribution >= 4 is 17.6 Å². The molecule has 0 radical (unpaired) electrons. The van der Waals surface area contributed by atoms with Crippen molar-refractivity contribution in [1.82, 2.24) is 9.97 Å². The molecule has 1 fully saturated rings. The molecule has 0 bridgehead atoms. The highest BCUT2D eigenvalue weighted by Gasteiger charge is 2.33. The van der Waals surface area contributed by atoms with E-state index in [-0.39, 0.29) is 67.9 Å². The van der Waals surface area contributed by atoms with Gasteiger partial charge in [-0.2, -0.15) is 26.3 Å². The number of nitrogens with zero attached hydrogens (tertiary/aromatic N) is 4. The predicted molar refractivity (Wildman–Crippen MR) is 195 cm³/mol. The molecule has 0 amide bonds. The summed E-state index contributed by atoms with van der Waals surface area (Å²) in [5.74, 6) is 0.0732. The Hall–Kier alpha value is -5.05. The van der Waals surface area contributed by atoms with E-state index in [0.717, 1.165) is 29.8 Å². The Morgan fingerprint density at radius 3 is 2.24 bits per heavy atom. The van der Waals surface area contributed by atoms with E-state index < -0.39 is 29.4 Å². The number of anilines is 2. The molecule has 1 aliphatic heterocycles. The minimum atomic E-state index is -4.74. The fourth-order valence-electron chi connectivity index (χ4n) is 6.18. The fourth-order valence-corrected chi connectivity index (χ4v) is 6.18. The second-order valence-corrected chi connectivity index (χ2v) is 13.3. The number of hydrogen-bond acceptors (Lipinski definition) is 9. The van der Waals surface area contributed by atoms with Crippen LogP contribution in [0.4, 0.5) is 38.0 Å². The van der Waals surface area contributed by atoms with Gasteiger partial charge in [0.1, 0.15) is 11.5 Å². The highest BCUT2D eigenvalue weighted by Crippen LogP contribution is 2.40. The van der Waals surface area contributed by atoms with Crippen LogP contribution in [-0.2, 0) is 39.7 Å². The molecule has 0 unspecified atom stereocenters. The summed E-state index contributed by atoms with van der Waals surface area (Å²) in [4.78, 5) is 24.4. The molecule has 296 valence electrons. The van der Waals surface area contributed by atoms with Gasteiger partial charge in [-0.1, -0.05) is 26.0 Å². The van der Waals surface area contributed by atoms with Crippen LogP contribution in [0.5, 0.6) is 11.5 Å². The molecule has 3 aromatic carbocycles. The van der Waals surface area contributed by atoms with Crippen LogP contribution in [0.25, 0.3) is 11.1 Å². The average molecular weight is 775 g/mol. The molecule has 2 heterocycles. The number of aromatic nitrogens is 2. The van der Waals surface area contributed by atoms with Gasteiger partial charge in [-0.15, -0.1) is 0 Å². The van der Waals surface area contributed by atoms with Gasteiger partial charge in [-0.3, -0.25) is 4.79 Å². The van der Waals surface area contributed by atoms with Crippen molar-refractivity contribution in [2.24, 2.45) is 0 Å². The first-order chi connectivity index (χ1) is 26.2. The largest absolute Gasteiger partial charge is 0.496 e. The van der Waals surface area contributed by atoms with Crippen LogP contribution in [0.2, 0.25) is 0 Å². The number of ether oxygens (including phenoxy) is 4. The number of rotatable bonds is 15. The van der Waals surface area contributed by atoms with Gasteiger partial charge in [-0.25, -0.2) is 9.97 Å². The topological polar surface area (TPSA) is 86.2 Å². The molecule has 5 rings (SSSR count). The Morgan fingerprint density at radius 2 is 1.60 bits per heavy atom. The first-order valence-electron chi connectivity index (χ1n) is 17.9. The van der Waals surface area contributed by atoms with Crippen molar-refractivity contribution in [1.29, 1.82) is 0 Å². The van der Waals surface area contributed by atoms with Crippen molar-refractivity contribution < 1.29 is 50.1 Å². The molecule has 0 N–H and O–H groups in total. The Bertz CT molecular complexity index is 1900. The maximum absolute atomic E-state index is 14.2. The SMILES string of the molecule is CCOC(=O)CCCOc1cc(CN(Cc2cc(C(F)(F)F)ccc2-c2cc(C(C)C)ccc2OC)c2ncc(N3CCOCC3)cn2)cc(C(F)(F)F)c1. The maximum Gasteiger partial charge on any atom is 0.416 e. The molecule has 0 spiro atoms. The average Bonchev–Trinajstić information content (AvgIpc) is 3.15. The van der Waals surface area contributed by atoms with Crippen LogP contribution in [0.15, 0.2) is 67.0 Å². The molecule has 1 saturated heterocycles. The zero-order chi connectivity index (χ0) is 39.8. The smallest absolute Gasteiger partial charge is 0.416 e. The maximum atomic E-state index is 14.2. The summed E-state index contributed by atoms with van der Waals surface area (Å²) in [5, 5.41) is 0. The normalized spacial score (nSPS) is 13.5. The highest BCUT2D eigenvalue weighted by atomic mass is 19.4. The van der Waals surface area contributed by atoms with Crippen LogP contribution < -0.4 is 19.3 Å². The number of carbonyl (C=O) groups is 1. The zero-order valence-electron chi connectivity index (χ0n) is 31.1. The van der Waals surface area contributed by atoms with Crippen LogP contribution in [0.1, 0.15) is 67.3 Å². The van der Waals surface area contributed by atoms with Gasteiger partial charge >= 0.3 is 18.3 Å². The van der Waals surface area contributed by atoms with Crippen LogP contribution in [0.3, 0.4) is 0 Å². The minimum Gasteiger partial charge on any atom is -0.496 e. The number of morpholine rings is 1. The lowest BCUT2D eigenvalue weighted by Gasteiger charge is -2.29. The van der Waals surface area contributed by atoms with Crippen molar-refractivity contribution in [3.63, 3.8) is 0 Å². The summed E-state index contributed by atoms with van der Waals surface area (Å²) in [6, 6.07) is 12.2. The Morgan fingerprint density at radius 1 is 0.891 bits per heavy atom. The molecule has 9 nitrogen and oxygen atoms in total. The van der Waals surface area contributed by atoms with E-state index in [9.17, 15) is 31.1 Å². The molecule has 0 saturated carbocycles. The number of carbonyl (C=O) groups excluding carboxylic acids is 1. The molecular weight excluding hydrogens is 730 g/mol. The molecule has 1 aromatic heterocycles. The number of hydrogen-bond donors (Lipinski definition) is 0. The Labute approximate surface area is 316 Å². The number of benzene rings is 3. The van der Waals surface area contributed by atoms with Gasteiger partial charge in [0.05, 0.1) is 62.7 Å². The Balaban J connectivity index is 1.58. The van der Waals surface area contributed by atoms with Gasteiger partial charge < -0.3 is 28.7 Å². The summed E-state index contributed by atoms with van der Waals surface area (Å²) in [5.41, 5.74) is 1.10. The molecule has 4 aromatic rings. The van der Waals surface area contributed by atoms with E-state index >= 15 is 0 Å². The fraction of sp³-hybridized carbons (Fsp3) is 0.425. The lowest BCUT2D eigenvalue weighted by molar-refractivity contribution is -0.143. The van der Waals surface area contributed by atoms with Crippen LogP contribution >= 0.6 is 0 Å². The number of halogens is 6. The second-order valence-electron chi connectivity index (χ2n) is 13.3. The van der Waals surface area contributed by atoms with Crippen molar-refractivity contribution in [2.75, 3.05) is 56.4 Å². The molecule has 55 heavy (non-hydrogen) atoms. The lowest BCUT2D eigenvalue weighted by Crippen LogP contribution is -2.36. The zero-order valence-corrected chi connectivity index (χ0v) is 31.1. The highest BCUT2D eigenvalue weighted by molar-refractivity contribution is 5.75. The summed E-state index contributed by atoms with van der Waals surface area (Å²) < 4.78 is 107. The van der Waals surface area contributed by atoms with Crippen molar-refractivity contribution in [2.45, 2.75) is 65.0 Å². The number of methoxy groups -OCH3 is 1. The standard InChI is InChI=1S/C40H44F6N4O5/c1-5-54-37(51)7-6-14-55-33-18-27(17-31(21-33)40(44,45)46)24-50(38-47-22-32(23-48-38)49-12-15-53-16-13-49)25-29-19-30(39(41,42)43)9-10-34(29)35-20-28(26(2)3)8-11-36(35)52-4/h8-11,17-23,26H,5-7,12-16,24-25H2,1-4H3. The molecule has 0 atom stereocenters. The van der Waals surface area contributed by atoms with Gasteiger partial charge in [0.15, 0.2) is 0 Å². The van der Waals surface area contributed by atoms with Crippen molar-refractivity contribution in [3.8, 4) is 22.6 Å². The van der Waals surface area contributed by atoms with E-state index in [0.29, 0.717) is 48.9 Å². The lowest BCUT2D eigenvalue weighted by atomic mass is 9.92. The third-order valence-electron chi connectivity index (χ3n) is 9.02.